The molecule has 0 aliphatic carbocycles. The minimum Gasteiger partial charge on any atom is -0.369 e. The number of nitrogens with zero attached hydrogens (tertiary/aromatic N) is 2. The molecule has 1 unspecified atom stereocenters. The van der Waals surface area contributed by atoms with Crippen molar-refractivity contribution in [3.8, 4) is 0 Å². The molecule has 2 heterocycles. The van der Waals surface area contributed by atoms with Gasteiger partial charge in [-0.1, -0.05) is 30.7 Å². The zero-order valence-electron chi connectivity index (χ0n) is 17.9. The predicted molar refractivity (Wildman–Crippen MR) is 130 cm³/mol. The highest BCUT2D eigenvalue weighted by Gasteiger charge is 2.36. The van der Waals surface area contributed by atoms with Gasteiger partial charge in [0.25, 0.3) is 11.8 Å². The number of halogens is 1. The second kappa shape index (κ2) is 7.77. The van der Waals surface area contributed by atoms with Crippen LogP contribution in [0.3, 0.4) is 0 Å². The number of carbonyl (C=O) groups is 2. The molecule has 160 valence electrons. The van der Waals surface area contributed by atoms with Gasteiger partial charge in [0.05, 0.1) is 5.69 Å². The average molecular weight is 454 g/mol. The Balaban J connectivity index is 1.73. The summed E-state index contributed by atoms with van der Waals surface area (Å²) >= 11 is 11.3. The molecule has 2 aliphatic rings. The van der Waals surface area contributed by atoms with E-state index in [-0.39, 0.29) is 16.2 Å². The number of carbonyl (C=O) groups excluding carboxylic acids is 2. The molecular formula is C24H24ClN3O2S. The molecule has 2 aromatic rings. The first-order valence-corrected chi connectivity index (χ1v) is 10.9. The lowest BCUT2D eigenvalue weighted by Crippen LogP contribution is -2.54. The van der Waals surface area contributed by atoms with E-state index in [1.807, 2.05) is 6.07 Å². The van der Waals surface area contributed by atoms with E-state index in [2.05, 4.69) is 50.2 Å². The van der Waals surface area contributed by atoms with Crippen molar-refractivity contribution in [1.82, 2.24) is 5.32 Å². The number of hydrogen-bond acceptors (Lipinski definition) is 4. The van der Waals surface area contributed by atoms with E-state index >= 15 is 0 Å². The molecule has 1 fully saturated rings. The van der Waals surface area contributed by atoms with Crippen LogP contribution >= 0.6 is 23.8 Å². The van der Waals surface area contributed by atoms with Crippen molar-refractivity contribution in [3.05, 3.63) is 64.2 Å². The van der Waals surface area contributed by atoms with Crippen molar-refractivity contribution in [2.24, 2.45) is 0 Å². The third-order valence-electron chi connectivity index (χ3n) is 6.14. The van der Waals surface area contributed by atoms with Gasteiger partial charge in [-0.2, -0.15) is 0 Å². The Kier molecular flexibility index (Phi) is 5.40. The normalized spacial score (nSPS) is 21.9. The number of benzene rings is 2. The maximum absolute atomic E-state index is 13.2. The second-order valence-electron chi connectivity index (χ2n) is 8.73. The van der Waals surface area contributed by atoms with Gasteiger partial charge in [-0.15, -0.1) is 0 Å². The van der Waals surface area contributed by atoms with E-state index in [1.165, 1.54) is 16.2 Å². The Labute approximate surface area is 192 Å². The van der Waals surface area contributed by atoms with Gasteiger partial charge in [0.2, 0.25) is 0 Å². The van der Waals surface area contributed by atoms with E-state index in [0.717, 1.165) is 12.0 Å². The van der Waals surface area contributed by atoms with Gasteiger partial charge >= 0.3 is 0 Å². The van der Waals surface area contributed by atoms with Crippen molar-refractivity contribution in [1.29, 1.82) is 0 Å². The van der Waals surface area contributed by atoms with Crippen LogP contribution in [-0.4, -0.2) is 29.5 Å². The first kappa shape index (κ1) is 21.5. The first-order chi connectivity index (χ1) is 14.6. The van der Waals surface area contributed by atoms with Crippen molar-refractivity contribution >= 4 is 58.2 Å². The summed E-state index contributed by atoms with van der Waals surface area (Å²) in [5, 5.41) is 3.13. The highest BCUT2D eigenvalue weighted by molar-refractivity contribution is 7.80. The molecule has 7 heteroatoms. The maximum atomic E-state index is 13.2. The van der Waals surface area contributed by atoms with E-state index < -0.39 is 11.8 Å². The van der Waals surface area contributed by atoms with E-state index in [1.54, 1.807) is 30.3 Å². The van der Waals surface area contributed by atoms with Crippen LogP contribution in [0.2, 0.25) is 5.02 Å². The molecule has 4 rings (SSSR count). The van der Waals surface area contributed by atoms with Gasteiger partial charge < -0.3 is 4.90 Å². The van der Waals surface area contributed by atoms with Crippen molar-refractivity contribution < 1.29 is 9.59 Å². The second-order valence-corrected chi connectivity index (χ2v) is 9.56. The molecule has 0 aromatic heterocycles. The average Bonchev–Trinajstić information content (AvgIpc) is 2.69. The third-order valence-corrected chi connectivity index (χ3v) is 6.66. The largest absolute Gasteiger partial charge is 0.369 e. The third kappa shape index (κ3) is 3.86. The van der Waals surface area contributed by atoms with Crippen LogP contribution in [0.1, 0.15) is 44.2 Å². The summed E-state index contributed by atoms with van der Waals surface area (Å²) in [6.07, 6.45) is 2.65. The summed E-state index contributed by atoms with van der Waals surface area (Å²) in [7, 11) is 2.10. The molecular weight excluding hydrogens is 430 g/mol. The van der Waals surface area contributed by atoms with Crippen LogP contribution in [0.15, 0.2) is 48.0 Å². The molecule has 2 amide bonds. The molecule has 0 radical (unpaired) electrons. The highest BCUT2D eigenvalue weighted by atomic mass is 35.5. The molecule has 0 spiro atoms. The van der Waals surface area contributed by atoms with Gasteiger partial charge in [0, 0.05) is 23.3 Å². The van der Waals surface area contributed by atoms with Gasteiger partial charge in [0.1, 0.15) is 5.57 Å². The first-order valence-electron chi connectivity index (χ1n) is 10.1. The fourth-order valence-electron chi connectivity index (χ4n) is 4.36. The summed E-state index contributed by atoms with van der Waals surface area (Å²) in [6, 6.07) is 12.9. The Hall–Kier alpha value is -2.70. The quantitative estimate of drug-likeness (QED) is 0.399. The number of rotatable bonds is 2. The number of nitrogens with one attached hydrogen (secondary N) is 1. The molecule has 1 atom stereocenters. The molecule has 1 saturated heterocycles. The zero-order valence-corrected chi connectivity index (χ0v) is 19.5. The van der Waals surface area contributed by atoms with Crippen LogP contribution in [0.4, 0.5) is 11.4 Å². The molecule has 2 aromatic carbocycles. The Bertz CT molecular complexity index is 1140. The topological polar surface area (TPSA) is 52.7 Å². The molecule has 1 N–H and O–H groups in total. The van der Waals surface area contributed by atoms with Crippen molar-refractivity contribution in [3.63, 3.8) is 0 Å². The summed E-state index contributed by atoms with van der Waals surface area (Å²) in [4.78, 5) is 29.4. The minimum atomic E-state index is -0.503. The molecule has 0 saturated carbocycles. The van der Waals surface area contributed by atoms with Crippen molar-refractivity contribution in [2.75, 3.05) is 16.8 Å². The molecule has 31 heavy (non-hydrogen) atoms. The van der Waals surface area contributed by atoms with Crippen LogP contribution in [0, 0.1) is 0 Å². The Morgan fingerprint density at radius 3 is 2.65 bits per heavy atom. The smallest absolute Gasteiger partial charge is 0.270 e. The SMILES string of the molecule is CC1CC(C)(C)N(C)c2ccc(/C=C3/C(=O)NC(=S)N(c4cccc(Cl)c4)C3=O)cc21. The van der Waals surface area contributed by atoms with Crippen LogP contribution < -0.4 is 15.1 Å². The molecule has 5 nitrogen and oxygen atoms in total. The lowest BCUT2D eigenvalue weighted by molar-refractivity contribution is -0.122. The van der Waals surface area contributed by atoms with E-state index in [9.17, 15) is 9.59 Å². The van der Waals surface area contributed by atoms with Gasteiger partial charge in [-0.3, -0.25) is 19.8 Å². The van der Waals surface area contributed by atoms with Crippen LogP contribution in [0.25, 0.3) is 6.08 Å². The zero-order chi connectivity index (χ0) is 22.5. The van der Waals surface area contributed by atoms with Crippen molar-refractivity contribution in [2.45, 2.75) is 38.6 Å². The summed E-state index contributed by atoms with van der Waals surface area (Å²) in [5.41, 5.74) is 3.80. The standard InChI is InChI=1S/C24H24ClN3O2S/c1-14-13-24(2,3)27(4)20-9-8-15(10-18(14)20)11-19-21(29)26-23(31)28(22(19)30)17-7-5-6-16(25)12-17/h5-12,14H,13H2,1-4H3,(H,26,29,31)/b19-11-. The highest BCUT2D eigenvalue weighted by Crippen LogP contribution is 2.42. The van der Waals surface area contributed by atoms with Crippen LogP contribution in [0.5, 0.6) is 0 Å². The van der Waals surface area contributed by atoms with Gasteiger partial charge in [-0.25, -0.2) is 0 Å². The number of thiocarbonyl (C=S) groups is 1. The summed E-state index contributed by atoms with van der Waals surface area (Å²) in [6.45, 7) is 6.68. The van der Waals surface area contributed by atoms with E-state index in [4.69, 9.17) is 23.8 Å². The number of anilines is 2. The Morgan fingerprint density at radius 1 is 1.19 bits per heavy atom. The van der Waals surface area contributed by atoms with Gasteiger partial charge in [0.15, 0.2) is 5.11 Å². The predicted octanol–water partition coefficient (Wildman–Crippen LogP) is 4.89. The minimum absolute atomic E-state index is 0.0330. The number of hydrogen-bond donors (Lipinski definition) is 1. The monoisotopic (exact) mass is 453 g/mol. The van der Waals surface area contributed by atoms with Gasteiger partial charge in [-0.05, 0) is 85.9 Å². The fourth-order valence-corrected chi connectivity index (χ4v) is 4.82. The number of fused-ring (bicyclic) bond motifs is 1. The maximum Gasteiger partial charge on any atom is 0.270 e. The molecule has 2 aliphatic heterocycles. The summed E-state index contributed by atoms with van der Waals surface area (Å²) in [5.74, 6) is -0.608. The van der Waals surface area contributed by atoms with E-state index in [0.29, 0.717) is 16.6 Å². The number of amides is 2. The Morgan fingerprint density at radius 2 is 1.94 bits per heavy atom. The lowest BCUT2D eigenvalue weighted by atomic mass is 9.80. The lowest BCUT2D eigenvalue weighted by Gasteiger charge is -2.45. The fraction of sp³-hybridized carbons (Fsp3) is 0.292. The summed E-state index contributed by atoms with van der Waals surface area (Å²) < 4.78 is 0. The van der Waals surface area contributed by atoms with Crippen LogP contribution in [-0.2, 0) is 9.59 Å². The molecule has 0 bridgehead atoms.